The third-order valence-corrected chi connectivity index (χ3v) is 8.59. The predicted molar refractivity (Wildman–Crippen MR) is 151 cm³/mol. The Labute approximate surface area is 227 Å². The van der Waals surface area contributed by atoms with Crippen LogP contribution in [0, 0.1) is 19.8 Å². The second-order valence-electron chi connectivity index (χ2n) is 10.3. The number of hydrogen-bond acceptors (Lipinski definition) is 11. The Morgan fingerprint density at radius 1 is 1.11 bits per heavy atom. The molecule has 3 aromatic rings. The number of nitrogens with one attached hydrogen (secondary N) is 2. The molecule has 0 spiro atoms. The molecule has 5 N–H and O–H groups in total. The third kappa shape index (κ3) is 5.76. The maximum absolute atomic E-state index is 11.1. The summed E-state index contributed by atoms with van der Waals surface area (Å²) >= 11 is 1.53. The molecule has 0 aliphatic heterocycles. The molecule has 1 unspecified atom stereocenters. The number of thiazole rings is 1. The van der Waals surface area contributed by atoms with E-state index in [-0.39, 0.29) is 6.10 Å². The van der Waals surface area contributed by atoms with Crippen molar-refractivity contribution >= 4 is 33.3 Å². The maximum Gasteiger partial charge on any atom is 0.224 e. The van der Waals surface area contributed by atoms with Crippen molar-refractivity contribution in [1.29, 1.82) is 0 Å². The zero-order valence-electron chi connectivity index (χ0n) is 23.0. The number of ether oxygens (including phenoxy) is 1. The molecule has 3 heterocycles. The summed E-state index contributed by atoms with van der Waals surface area (Å²) in [6.07, 6.45) is 1.17. The van der Waals surface area contributed by atoms with Crippen LogP contribution in [0.5, 0.6) is 0 Å². The van der Waals surface area contributed by atoms with Gasteiger partial charge in [0.1, 0.15) is 22.4 Å². The van der Waals surface area contributed by atoms with Crippen LogP contribution in [-0.2, 0) is 4.74 Å². The van der Waals surface area contributed by atoms with Crippen LogP contribution in [0.1, 0.15) is 58.3 Å². The van der Waals surface area contributed by atoms with Crippen molar-refractivity contribution in [3.8, 4) is 10.6 Å². The second kappa shape index (κ2) is 11.7. The van der Waals surface area contributed by atoms with Gasteiger partial charge in [0.15, 0.2) is 0 Å². The summed E-state index contributed by atoms with van der Waals surface area (Å²) in [5, 5.41) is 40.4. The molecule has 0 bridgehead atoms. The quantitative estimate of drug-likeness (QED) is 0.227. The number of fused-ring (bicyclic) bond motifs is 1. The minimum Gasteiger partial charge on any atom is -0.390 e. The van der Waals surface area contributed by atoms with Crippen molar-refractivity contribution in [2.45, 2.75) is 90.8 Å². The lowest BCUT2D eigenvalue weighted by Crippen LogP contribution is -2.43. The number of rotatable bonds is 11. The monoisotopic (exact) mass is 544 g/mol. The van der Waals surface area contributed by atoms with Gasteiger partial charge in [-0.05, 0) is 53.0 Å². The highest BCUT2D eigenvalue weighted by Crippen LogP contribution is 2.42. The maximum atomic E-state index is 11.1. The largest absolute Gasteiger partial charge is 0.390 e. The number of aromatic nitrogens is 4. The van der Waals surface area contributed by atoms with Crippen molar-refractivity contribution in [1.82, 2.24) is 19.9 Å². The molecule has 208 valence electrons. The van der Waals surface area contributed by atoms with E-state index in [1.54, 1.807) is 6.20 Å². The predicted octanol–water partition coefficient (Wildman–Crippen LogP) is 3.68. The van der Waals surface area contributed by atoms with Crippen molar-refractivity contribution < 1.29 is 20.1 Å². The van der Waals surface area contributed by atoms with Gasteiger partial charge in [-0.25, -0.2) is 9.97 Å². The van der Waals surface area contributed by atoms with E-state index in [1.165, 1.54) is 11.3 Å². The molecule has 38 heavy (non-hydrogen) atoms. The molecule has 0 saturated heterocycles. The molecule has 4 rings (SSSR count). The van der Waals surface area contributed by atoms with Gasteiger partial charge >= 0.3 is 0 Å². The zero-order chi connectivity index (χ0) is 27.6. The van der Waals surface area contributed by atoms with Crippen LogP contribution < -0.4 is 10.6 Å². The molecule has 4 atom stereocenters. The lowest BCUT2D eigenvalue weighted by Gasteiger charge is -2.34. The average molecular weight is 545 g/mol. The van der Waals surface area contributed by atoms with Crippen LogP contribution in [0.2, 0.25) is 0 Å². The summed E-state index contributed by atoms with van der Waals surface area (Å²) in [4.78, 5) is 18.7. The zero-order valence-corrected chi connectivity index (χ0v) is 23.8. The van der Waals surface area contributed by atoms with Gasteiger partial charge < -0.3 is 30.7 Å². The first-order valence-corrected chi connectivity index (χ1v) is 14.2. The normalized spacial score (nSPS) is 21.9. The summed E-state index contributed by atoms with van der Waals surface area (Å²) in [7, 11) is 0. The first-order valence-electron chi connectivity index (χ1n) is 13.4. The lowest BCUT2D eigenvalue weighted by atomic mass is 9.80. The van der Waals surface area contributed by atoms with Crippen molar-refractivity contribution in [3.05, 3.63) is 23.7 Å². The van der Waals surface area contributed by atoms with Crippen LogP contribution in [0.3, 0.4) is 0 Å². The Bertz CT molecular complexity index is 1250. The highest BCUT2D eigenvalue weighted by molar-refractivity contribution is 7.21. The molecule has 3 aromatic heterocycles. The molecule has 1 aliphatic carbocycles. The minimum atomic E-state index is -1.06. The summed E-state index contributed by atoms with van der Waals surface area (Å²) in [5.74, 6) is 0.490. The van der Waals surface area contributed by atoms with Gasteiger partial charge in [-0.2, -0.15) is 4.98 Å². The lowest BCUT2D eigenvalue weighted by molar-refractivity contribution is -0.0843. The summed E-state index contributed by atoms with van der Waals surface area (Å²) in [6.45, 7) is 12.7. The summed E-state index contributed by atoms with van der Waals surface area (Å²) < 4.78 is 6.64. The van der Waals surface area contributed by atoms with Gasteiger partial charge in [0.2, 0.25) is 5.95 Å². The molecule has 0 aromatic carbocycles. The Hall–Kier alpha value is -2.44. The van der Waals surface area contributed by atoms with Crippen molar-refractivity contribution in [3.63, 3.8) is 0 Å². The van der Waals surface area contributed by atoms with E-state index >= 15 is 0 Å². The van der Waals surface area contributed by atoms with E-state index < -0.39 is 29.8 Å². The first kappa shape index (κ1) is 28.6. The minimum absolute atomic E-state index is 0.129. The first-order chi connectivity index (χ1) is 18.1. The number of aliphatic hydroxyl groups excluding tert-OH is 2. The van der Waals surface area contributed by atoms with Crippen molar-refractivity contribution in [2.24, 2.45) is 5.92 Å². The van der Waals surface area contributed by atoms with Gasteiger partial charge in [0.25, 0.3) is 0 Å². The molecular formula is C27H40N6O4S. The van der Waals surface area contributed by atoms with E-state index in [9.17, 15) is 15.3 Å². The Morgan fingerprint density at radius 3 is 2.50 bits per heavy atom. The number of nitrogens with zero attached hydrogens (tertiary/aromatic N) is 4. The highest BCUT2D eigenvalue weighted by atomic mass is 32.1. The van der Waals surface area contributed by atoms with Crippen LogP contribution in [0.4, 0.5) is 11.8 Å². The van der Waals surface area contributed by atoms with Gasteiger partial charge in [0, 0.05) is 18.7 Å². The van der Waals surface area contributed by atoms with E-state index in [4.69, 9.17) is 19.7 Å². The highest BCUT2D eigenvalue weighted by Gasteiger charge is 2.50. The fourth-order valence-electron chi connectivity index (χ4n) is 5.22. The van der Waals surface area contributed by atoms with E-state index in [0.717, 1.165) is 32.2 Å². The molecule has 1 aliphatic rings. The topological polar surface area (TPSA) is 146 Å². The number of aryl methyl sites for hydroxylation is 2. The molecule has 10 nitrogen and oxygen atoms in total. The van der Waals surface area contributed by atoms with Gasteiger partial charge in [0.05, 0.1) is 52.1 Å². The molecule has 1 fully saturated rings. The fraction of sp³-hybridized carbons (Fsp3) is 0.630. The van der Waals surface area contributed by atoms with E-state index in [1.807, 2.05) is 47.6 Å². The van der Waals surface area contributed by atoms with Crippen LogP contribution in [-0.4, -0.2) is 78.4 Å². The van der Waals surface area contributed by atoms with E-state index in [0.29, 0.717) is 44.2 Å². The molecule has 11 heteroatoms. The summed E-state index contributed by atoms with van der Waals surface area (Å²) in [5.41, 5.74) is 2.08. The van der Waals surface area contributed by atoms with Gasteiger partial charge in [-0.3, -0.25) is 4.98 Å². The smallest absolute Gasteiger partial charge is 0.224 e. The Kier molecular flexibility index (Phi) is 8.83. The fourth-order valence-corrected chi connectivity index (χ4v) is 6.33. The summed E-state index contributed by atoms with van der Waals surface area (Å²) in [6, 6.07) is 1.43. The molecule has 0 amide bonds. The van der Waals surface area contributed by atoms with E-state index in [2.05, 4.69) is 15.6 Å². The Balaban J connectivity index is 1.70. The number of hydrogen-bond donors (Lipinski definition) is 5. The Morgan fingerprint density at radius 2 is 1.84 bits per heavy atom. The third-order valence-electron chi connectivity index (χ3n) is 7.55. The standard InChI is InChI=1S/C27H40N6O4S/c1-7-27(36,8-2)17-13-18(23(35)22(17)34)31-24-20(25-32-21-16(6)28-10-9-19(21)38-25)15(5)30-26(33-24)29-11-12-37-14(3)4/h9-10,14,17-18,22-23,34-36H,7-8,11-13H2,1-6H3,(H2,29,30,31,33)/t17-,18?,22+,23-/m0/s1. The number of aliphatic hydroxyl groups is 3. The molecule has 1 saturated carbocycles. The van der Waals surface area contributed by atoms with Gasteiger partial charge in [-0.15, -0.1) is 11.3 Å². The average Bonchev–Trinajstić information content (AvgIpc) is 3.43. The van der Waals surface area contributed by atoms with Crippen molar-refractivity contribution in [2.75, 3.05) is 23.8 Å². The molecule has 0 radical (unpaired) electrons. The SMILES string of the molecule is CCC(O)(CC)[C@H]1CC(Nc2nc(NCCOC(C)C)nc(C)c2-c2nc3c(C)nccc3s2)[C@H](O)[C@@H]1O. The van der Waals surface area contributed by atoms with Crippen LogP contribution in [0.25, 0.3) is 20.8 Å². The van der Waals surface area contributed by atoms with Gasteiger partial charge in [-0.1, -0.05) is 13.8 Å². The molecular weight excluding hydrogens is 504 g/mol. The van der Waals surface area contributed by atoms with Crippen LogP contribution >= 0.6 is 11.3 Å². The number of anilines is 2. The second-order valence-corrected chi connectivity index (χ2v) is 11.4. The van der Waals surface area contributed by atoms with Crippen LogP contribution in [0.15, 0.2) is 12.3 Å². The number of pyridine rings is 1.